The Kier molecular flexibility index (Phi) is 4.67. The highest BCUT2D eigenvalue weighted by Gasteiger charge is 2.21. The molecule has 1 heterocycles. The molecule has 0 aliphatic carbocycles. The molecule has 100 valence electrons. The molecule has 0 aliphatic rings. The molecule has 1 amide bonds. The molecular weight excluding hydrogens is 228 g/mol. The summed E-state index contributed by atoms with van der Waals surface area (Å²) in [5.74, 6) is 0.0398. The molecule has 0 aromatic carbocycles. The molecule has 0 radical (unpaired) electrons. The van der Waals surface area contributed by atoms with E-state index in [1.54, 1.807) is 12.3 Å². The summed E-state index contributed by atoms with van der Waals surface area (Å²) >= 11 is 0. The van der Waals surface area contributed by atoms with E-state index in [1.165, 1.54) is 0 Å². The van der Waals surface area contributed by atoms with Gasteiger partial charge in [0.25, 0.3) is 5.91 Å². The number of aromatic nitrogens is 1. The second-order valence-corrected chi connectivity index (χ2v) is 4.64. The molecule has 0 bridgehead atoms. The van der Waals surface area contributed by atoms with E-state index in [0.29, 0.717) is 17.9 Å². The monoisotopic (exact) mass is 250 g/mol. The average molecular weight is 250 g/mol. The quantitative estimate of drug-likeness (QED) is 0.711. The first-order chi connectivity index (χ1) is 8.43. The number of hydrogen-bond donors (Lipinski definition) is 3. The van der Waals surface area contributed by atoms with Crippen molar-refractivity contribution >= 4 is 11.7 Å². The van der Waals surface area contributed by atoms with Gasteiger partial charge >= 0.3 is 0 Å². The molecule has 0 fully saturated rings. The third-order valence-electron chi connectivity index (χ3n) is 3.42. The predicted octanol–water partition coefficient (Wildman–Crippen LogP) is 1.42. The van der Waals surface area contributed by atoms with E-state index >= 15 is 0 Å². The van der Waals surface area contributed by atoms with Crippen LogP contribution >= 0.6 is 0 Å². The van der Waals surface area contributed by atoms with Crippen LogP contribution in [0, 0.1) is 6.92 Å². The lowest BCUT2D eigenvalue weighted by Gasteiger charge is -2.27. The van der Waals surface area contributed by atoms with Crippen molar-refractivity contribution in [1.29, 1.82) is 0 Å². The van der Waals surface area contributed by atoms with Crippen LogP contribution in [0.25, 0.3) is 0 Å². The van der Waals surface area contributed by atoms with E-state index in [-0.39, 0.29) is 5.54 Å². The Hall–Kier alpha value is -1.62. The summed E-state index contributed by atoms with van der Waals surface area (Å²) in [4.78, 5) is 15.6. The van der Waals surface area contributed by atoms with Crippen molar-refractivity contribution in [2.45, 2.75) is 39.2 Å². The van der Waals surface area contributed by atoms with Crippen LogP contribution in [0.5, 0.6) is 0 Å². The molecule has 1 rings (SSSR count). The van der Waals surface area contributed by atoms with Crippen LogP contribution in [0.3, 0.4) is 0 Å². The Labute approximate surface area is 108 Å². The molecular formula is C13H22N4O. The number of hydrogen-bond acceptors (Lipinski definition) is 4. The molecule has 1 aromatic heterocycles. The van der Waals surface area contributed by atoms with E-state index in [1.807, 2.05) is 20.8 Å². The maximum absolute atomic E-state index is 11.4. The molecule has 5 heteroatoms. The fourth-order valence-corrected chi connectivity index (χ4v) is 1.76. The first-order valence-corrected chi connectivity index (χ1v) is 6.21. The minimum Gasteiger partial charge on any atom is -0.368 e. The fraction of sp³-hybridized carbons (Fsp3) is 0.538. The number of rotatable bonds is 6. The Morgan fingerprint density at radius 1 is 1.44 bits per heavy atom. The van der Waals surface area contributed by atoms with Gasteiger partial charge in [-0.3, -0.25) is 4.79 Å². The molecule has 0 aliphatic heterocycles. The van der Waals surface area contributed by atoms with Gasteiger partial charge in [0.1, 0.15) is 5.82 Å². The molecule has 5 N–H and O–H groups in total. The van der Waals surface area contributed by atoms with Crippen LogP contribution in [0.2, 0.25) is 0 Å². The van der Waals surface area contributed by atoms with Gasteiger partial charge in [-0.15, -0.1) is 0 Å². The number of primary amides is 1. The Balaban J connectivity index is 2.92. The van der Waals surface area contributed by atoms with Crippen molar-refractivity contribution in [3.8, 4) is 0 Å². The number of amides is 1. The summed E-state index contributed by atoms with van der Waals surface area (Å²) in [6.45, 7) is 6.49. The average Bonchev–Trinajstić information content (AvgIpc) is 2.35. The standard InChI is InChI=1S/C13H22N4O/c1-4-13(15,5-2)8-17-12-10(11(14)18)9(3)6-7-16-12/h6-7H,4-5,8,15H2,1-3H3,(H2,14,18)(H,16,17). The van der Waals surface area contributed by atoms with Crippen LogP contribution in [0.4, 0.5) is 5.82 Å². The first kappa shape index (κ1) is 14.4. The number of nitrogens with one attached hydrogen (secondary N) is 1. The summed E-state index contributed by atoms with van der Waals surface area (Å²) in [7, 11) is 0. The summed E-state index contributed by atoms with van der Waals surface area (Å²) in [6.07, 6.45) is 3.36. The summed E-state index contributed by atoms with van der Waals surface area (Å²) in [5.41, 5.74) is 12.5. The lowest BCUT2D eigenvalue weighted by molar-refractivity contribution is 0.1000. The van der Waals surface area contributed by atoms with Gasteiger partial charge < -0.3 is 16.8 Å². The minimum atomic E-state index is -0.473. The van der Waals surface area contributed by atoms with Gasteiger partial charge in [0.05, 0.1) is 5.56 Å². The summed E-state index contributed by atoms with van der Waals surface area (Å²) < 4.78 is 0. The number of carbonyl (C=O) groups is 1. The maximum Gasteiger partial charge on any atom is 0.252 e. The second kappa shape index (κ2) is 5.82. The zero-order valence-corrected chi connectivity index (χ0v) is 11.3. The number of aryl methyl sites for hydroxylation is 1. The highest BCUT2D eigenvalue weighted by molar-refractivity contribution is 5.98. The normalized spacial score (nSPS) is 11.3. The highest BCUT2D eigenvalue weighted by Crippen LogP contribution is 2.18. The van der Waals surface area contributed by atoms with Crippen LogP contribution < -0.4 is 16.8 Å². The largest absolute Gasteiger partial charge is 0.368 e. The van der Waals surface area contributed by atoms with Gasteiger partial charge in [-0.05, 0) is 31.4 Å². The molecule has 0 unspecified atom stereocenters. The van der Waals surface area contributed by atoms with Gasteiger partial charge in [0.2, 0.25) is 0 Å². The minimum absolute atomic E-state index is 0.291. The van der Waals surface area contributed by atoms with Crippen molar-refractivity contribution in [2.24, 2.45) is 11.5 Å². The van der Waals surface area contributed by atoms with Gasteiger partial charge in [0.15, 0.2) is 0 Å². The topological polar surface area (TPSA) is 94.0 Å². The van der Waals surface area contributed by atoms with E-state index in [0.717, 1.165) is 18.4 Å². The van der Waals surface area contributed by atoms with Crippen molar-refractivity contribution in [2.75, 3.05) is 11.9 Å². The number of pyridine rings is 1. The van der Waals surface area contributed by atoms with E-state index in [4.69, 9.17) is 11.5 Å². The van der Waals surface area contributed by atoms with Gasteiger partial charge in [-0.1, -0.05) is 13.8 Å². The van der Waals surface area contributed by atoms with Crippen molar-refractivity contribution in [1.82, 2.24) is 4.98 Å². The molecule has 18 heavy (non-hydrogen) atoms. The summed E-state index contributed by atoms with van der Waals surface area (Å²) in [6, 6.07) is 1.76. The molecule has 0 spiro atoms. The lowest BCUT2D eigenvalue weighted by Crippen LogP contribution is -2.45. The molecule has 0 saturated carbocycles. The van der Waals surface area contributed by atoms with E-state index < -0.39 is 5.91 Å². The SMILES string of the molecule is CCC(N)(CC)CNc1nccc(C)c1C(N)=O. The Morgan fingerprint density at radius 2 is 2.06 bits per heavy atom. The van der Waals surface area contributed by atoms with Gasteiger partial charge in [-0.25, -0.2) is 4.98 Å². The zero-order chi connectivity index (χ0) is 13.8. The fourth-order valence-electron chi connectivity index (χ4n) is 1.76. The number of nitrogens with zero attached hydrogens (tertiary/aromatic N) is 1. The second-order valence-electron chi connectivity index (χ2n) is 4.64. The predicted molar refractivity (Wildman–Crippen MR) is 73.5 cm³/mol. The van der Waals surface area contributed by atoms with Crippen LogP contribution in [0.1, 0.15) is 42.6 Å². The third kappa shape index (κ3) is 3.20. The number of carbonyl (C=O) groups excluding carboxylic acids is 1. The molecule has 0 saturated heterocycles. The van der Waals surface area contributed by atoms with Crippen LogP contribution in [0.15, 0.2) is 12.3 Å². The number of anilines is 1. The Bertz CT molecular complexity index is 427. The van der Waals surface area contributed by atoms with Crippen LogP contribution in [-0.2, 0) is 0 Å². The highest BCUT2D eigenvalue weighted by atomic mass is 16.1. The van der Waals surface area contributed by atoms with Crippen molar-refractivity contribution < 1.29 is 4.79 Å². The molecule has 1 aromatic rings. The first-order valence-electron chi connectivity index (χ1n) is 6.21. The van der Waals surface area contributed by atoms with E-state index in [2.05, 4.69) is 10.3 Å². The maximum atomic E-state index is 11.4. The summed E-state index contributed by atoms with van der Waals surface area (Å²) in [5, 5.41) is 3.14. The number of nitrogens with two attached hydrogens (primary N) is 2. The van der Waals surface area contributed by atoms with Gasteiger partial charge in [-0.2, -0.15) is 0 Å². The third-order valence-corrected chi connectivity index (χ3v) is 3.42. The van der Waals surface area contributed by atoms with Crippen LogP contribution in [-0.4, -0.2) is 23.0 Å². The smallest absolute Gasteiger partial charge is 0.252 e. The van der Waals surface area contributed by atoms with Crippen molar-refractivity contribution in [3.05, 3.63) is 23.4 Å². The molecule has 0 atom stereocenters. The Morgan fingerprint density at radius 3 is 2.56 bits per heavy atom. The zero-order valence-electron chi connectivity index (χ0n) is 11.3. The van der Waals surface area contributed by atoms with Gasteiger partial charge in [0, 0.05) is 18.3 Å². The lowest BCUT2D eigenvalue weighted by atomic mass is 9.94. The molecule has 5 nitrogen and oxygen atoms in total. The van der Waals surface area contributed by atoms with Crippen molar-refractivity contribution in [3.63, 3.8) is 0 Å². The van der Waals surface area contributed by atoms with E-state index in [9.17, 15) is 4.79 Å².